The van der Waals surface area contributed by atoms with E-state index in [0.717, 1.165) is 39.3 Å². The Labute approximate surface area is 209 Å². The van der Waals surface area contributed by atoms with Crippen LogP contribution in [0.25, 0.3) is 11.0 Å². The summed E-state index contributed by atoms with van der Waals surface area (Å²) in [5, 5.41) is 8.36. The number of anilines is 2. The Bertz CT molecular complexity index is 1430. The first-order chi connectivity index (χ1) is 17.4. The highest BCUT2D eigenvalue weighted by Gasteiger charge is 2.41. The molecule has 8 nitrogen and oxygen atoms in total. The van der Waals surface area contributed by atoms with Gasteiger partial charge in [0.1, 0.15) is 5.75 Å². The van der Waals surface area contributed by atoms with Crippen LogP contribution in [0.4, 0.5) is 11.4 Å². The van der Waals surface area contributed by atoms with Crippen LogP contribution in [-0.4, -0.2) is 33.7 Å². The number of carbonyl (C=O) groups excluding carboxylic acids is 2. The highest BCUT2D eigenvalue weighted by Crippen LogP contribution is 2.41. The van der Waals surface area contributed by atoms with Crippen LogP contribution in [0.5, 0.6) is 5.75 Å². The minimum Gasteiger partial charge on any atom is -0.497 e. The third-order valence-corrected chi connectivity index (χ3v) is 6.83. The molecule has 0 aliphatic carbocycles. The number of methoxy groups -OCH3 is 1. The number of aromatic nitrogens is 3. The lowest BCUT2D eigenvalue weighted by Crippen LogP contribution is -2.47. The summed E-state index contributed by atoms with van der Waals surface area (Å²) < 4.78 is 7.05. The van der Waals surface area contributed by atoms with Crippen LogP contribution < -0.4 is 15.0 Å². The summed E-state index contributed by atoms with van der Waals surface area (Å²) in [5.74, 6) is 0.110. The molecule has 1 saturated heterocycles. The Hall–Kier alpha value is -4.20. The number of fused-ring (bicyclic) bond motifs is 1. The van der Waals surface area contributed by atoms with Crippen LogP contribution in [0.3, 0.4) is 0 Å². The van der Waals surface area contributed by atoms with Gasteiger partial charge >= 0.3 is 0 Å². The molecule has 2 unspecified atom stereocenters. The van der Waals surface area contributed by atoms with Crippen LogP contribution >= 0.6 is 0 Å². The molecule has 1 aliphatic rings. The number of nitrogens with zero attached hydrogens (tertiary/aromatic N) is 4. The number of rotatable bonds is 5. The molecule has 8 heteroatoms. The lowest BCUT2D eigenvalue weighted by atomic mass is 9.83. The zero-order chi connectivity index (χ0) is 25.4. The SMILES string of the molecule is COc1ccc(C2C(C(=O)Nc3cnc4c(c3)c(C)nn4C)CCC(=O)N2c2ccc(C)cc2)cc1. The van der Waals surface area contributed by atoms with E-state index in [9.17, 15) is 9.59 Å². The van der Waals surface area contributed by atoms with Crippen molar-refractivity contribution in [2.24, 2.45) is 13.0 Å². The van der Waals surface area contributed by atoms with Gasteiger partial charge in [0, 0.05) is 24.5 Å². The zero-order valence-electron chi connectivity index (χ0n) is 20.9. The Balaban J connectivity index is 1.52. The fraction of sp³-hybridized carbons (Fsp3) is 0.286. The van der Waals surface area contributed by atoms with Gasteiger partial charge in [-0.3, -0.25) is 14.3 Å². The monoisotopic (exact) mass is 483 g/mol. The number of aryl methyl sites for hydroxylation is 3. The summed E-state index contributed by atoms with van der Waals surface area (Å²) in [4.78, 5) is 33.2. The van der Waals surface area contributed by atoms with E-state index in [1.807, 2.05) is 75.5 Å². The van der Waals surface area contributed by atoms with Crippen molar-refractivity contribution in [1.29, 1.82) is 0 Å². The fourth-order valence-corrected chi connectivity index (χ4v) is 4.97. The molecule has 0 radical (unpaired) electrons. The van der Waals surface area contributed by atoms with E-state index in [-0.39, 0.29) is 18.2 Å². The van der Waals surface area contributed by atoms with Crippen LogP contribution in [0, 0.1) is 19.8 Å². The average Bonchev–Trinajstić information content (AvgIpc) is 3.17. The third kappa shape index (κ3) is 4.30. The first-order valence-electron chi connectivity index (χ1n) is 12.0. The number of pyridine rings is 1. The average molecular weight is 484 g/mol. The standard InChI is InChI=1S/C28H29N5O3/c1-17-5-9-21(10-6-17)33-25(34)14-13-23(26(33)19-7-11-22(36-4)12-8-19)28(35)30-20-15-24-18(2)31-32(3)27(24)29-16-20/h5-12,15-16,23,26H,13-14H2,1-4H3,(H,30,35). The maximum Gasteiger partial charge on any atom is 0.229 e. The Morgan fingerprint density at radius 2 is 1.81 bits per heavy atom. The van der Waals surface area contributed by atoms with Gasteiger partial charge in [0.25, 0.3) is 0 Å². The molecular weight excluding hydrogens is 454 g/mol. The molecule has 3 heterocycles. The van der Waals surface area contributed by atoms with E-state index in [1.165, 1.54) is 0 Å². The molecule has 2 amide bonds. The predicted octanol–water partition coefficient (Wildman–Crippen LogP) is 4.72. The van der Waals surface area contributed by atoms with E-state index < -0.39 is 12.0 Å². The van der Waals surface area contributed by atoms with E-state index in [0.29, 0.717) is 12.1 Å². The normalized spacial score (nSPS) is 17.9. The quantitative estimate of drug-likeness (QED) is 0.444. The summed E-state index contributed by atoms with van der Waals surface area (Å²) in [5.41, 5.74) is 4.97. The van der Waals surface area contributed by atoms with E-state index in [2.05, 4.69) is 15.4 Å². The van der Waals surface area contributed by atoms with Crippen molar-refractivity contribution in [2.75, 3.05) is 17.3 Å². The van der Waals surface area contributed by atoms with E-state index in [1.54, 1.807) is 22.9 Å². The topological polar surface area (TPSA) is 89.3 Å². The van der Waals surface area contributed by atoms with Gasteiger partial charge in [-0.25, -0.2) is 4.98 Å². The van der Waals surface area contributed by atoms with Crippen LogP contribution in [0.1, 0.15) is 35.7 Å². The number of piperidine rings is 1. The highest BCUT2D eigenvalue weighted by atomic mass is 16.5. The number of nitrogens with one attached hydrogen (secondary N) is 1. The number of benzene rings is 2. The van der Waals surface area contributed by atoms with Crippen LogP contribution in [0.15, 0.2) is 60.8 Å². The minimum absolute atomic E-state index is 0.00204. The Morgan fingerprint density at radius 1 is 1.08 bits per heavy atom. The molecule has 0 spiro atoms. The molecule has 0 bridgehead atoms. The first-order valence-corrected chi connectivity index (χ1v) is 12.0. The molecule has 36 heavy (non-hydrogen) atoms. The van der Waals surface area contributed by atoms with Gasteiger partial charge in [0.05, 0.1) is 36.6 Å². The van der Waals surface area contributed by atoms with Crippen LogP contribution in [-0.2, 0) is 16.6 Å². The molecule has 5 rings (SSSR count). The fourth-order valence-electron chi connectivity index (χ4n) is 4.97. The molecular formula is C28H29N5O3. The lowest BCUT2D eigenvalue weighted by molar-refractivity contribution is -0.125. The van der Waals surface area contributed by atoms with Gasteiger partial charge < -0.3 is 15.0 Å². The lowest BCUT2D eigenvalue weighted by Gasteiger charge is -2.41. The van der Waals surface area contributed by atoms with Gasteiger partial charge in [-0.2, -0.15) is 5.10 Å². The zero-order valence-corrected chi connectivity index (χ0v) is 20.9. The summed E-state index contributed by atoms with van der Waals surface area (Å²) in [7, 11) is 3.46. The largest absolute Gasteiger partial charge is 0.497 e. The van der Waals surface area contributed by atoms with Crippen molar-refractivity contribution in [3.63, 3.8) is 0 Å². The first kappa shape index (κ1) is 23.5. The molecule has 0 saturated carbocycles. The maximum absolute atomic E-state index is 13.7. The number of amides is 2. The van der Waals surface area contributed by atoms with Crippen molar-refractivity contribution in [2.45, 2.75) is 32.7 Å². The van der Waals surface area contributed by atoms with Crippen molar-refractivity contribution in [3.05, 3.63) is 77.6 Å². The van der Waals surface area contributed by atoms with Crippen molar-refractivity contribution < 1.29 is 14.3 Å². The van der Waals surface area contributed by atoms with Gasteiger partial charge in [-0.1, -0.05) is 29.8 Å². The highest BCUT2D eigenvalue weighted by molar-refractivity contribution is 6.00. The number of carbonyl (C=O) groups is 2. The molecule has 1 N–H and O–H groups in total. The molecule has 184 valence electrons. The summed E-state index contributed by atoms with van der Waals surface area (Å²) in [6.07, 6.45) is 2.39. The summed E-state index contributed by atoms with van der Waals surface area (Å²) in [6, 6.07) is 16.8. The molecule has 2 aromatic carbocycles. The van der Waals surface area contributed by atoms with Gasteiger partial charge in [0.15, 0.2) is 5.65 Å². The second-order valence-electron chi connectivity index (χ2n) is 9.26. The molecule has 2 atom stereocenters. The number of ether oxygens (including phenoxy) is 1. The van der Waals surface area contributed by atoms with Crippen molar-refractivity contribution in [3.8, 4) is 5.75 Å². The van der Waals surface area contributed by atoms with Crippen LogP contribution in [0.2, 0.25) is 0 Å². The predicted molar refractivity (Wildman–Crippen MR) is 139 cm³/mol. The van der Waals surface area contributed by atoms with Gasteiger partial charge in [0.2, 0.25) is 11.8 Å². The smallest absolute Gasteiger partial charge is 0.229 e. The second kappa shape index (κ2) is 9.45. The Kier molecular flexibility index (Phi) is 6.18. The van der Waals surface area contributed by atoms with E-state index in [4.69, 9.17) is 4.74 Å². The molecule has 1 fully saturated rings. The molecule has 4 aromatic rings. The van der Waals surface area contributed by atoms with Crippen molar-refractivity contribution >= 4 is 34.2 Å². The number of hydrogen-bond acceptors (Lipinski definition) is 5. The van der Waals surface area contributed by atoms with Gasteiger partial charge in [-0.15, -0.1) is 0 Å². The third-order valence-electron chi connectivity index (χ3n) is 6.83. The second-order valence-corrected chi connectivity index (χ2v) is 9.26. The summed E-state index contributed by atoms with van der Waals surface area (Å²) in [6.45, 7) is 3.93. The van der Waals surface area contributed by atoms with Gasteiger partial charge in [-0.05, 0) is 56.2 Å². The van der Waals surface area contributed by atoms with Crippen molar-refractivity contribution in [1.82, 2.24) is 14.8 Å². The minimum atomic E-state index is -0.461. The number of hydrogen-bond donors (Lipinski definition) is 1. The maximum atomic E-state index is 13.7. The van der Waals surface area contributed by atoms with E-state index >= 15 is 0 Å². The molecule has 1 aliphatic heterocycles. The Morgan fingerprint density at radius 3 is 2.50 bits per heavy atom. The summed E-state index contributed by atoms with van der Waals surface area (Å²) >= 11 is 0. The molecule has 2 aromatic heterocycles.